The fourth-order valence-corrected chi connectivity index (χ4v) is 2.40. The fourth-order valence-electron chi connectivity index (χ4n) is 1.67. The van der Waals surface area contributed by atoms with Crippen molar-refractivity contribution >= 4 is 51.7 Å². The summed E-state index contributed by atoms with van der Waals surface area (Å²) in [6.45, 7) is 8.37. The van der Waals surface area contributed by atoms with Gasteiger partial charge in [0.1, 0.15) is 0 Å². The number of benzene rings is 1. The molecule has 1 rings (SSSR count). The lowest BCUT2D eigenvalue weighted by Gasteiger charge is -2.23. The molecule has 1 aromatic carbocycles. The Labute approximate surface area is 166 Å². The second-order valence-corrected chi connectivity index (χ2v) is 8.78. The van der Waals surface area contributed by atoms with E-state index in [9.17, 15) is 8.42 Å². The highest BCUT2D eigenvalue weighted by Gasteiger charge is 2.16. The average Bonchev–Trinajstić information content (AvgIpc) is 2.49. The van der Waals surface area contributed by atoms with Crippen LogP contribution in [-0.4, -0.2) is 38.5 Å². The molecule has 4 N–H and O–H groups in total. The summed E-state index contributed by atoms with van der Waals surface area (Å²) in [6.07, 6.45) is 2.08. The molecule has 24 heavy (non-hydrogen) atoms. The van der Waals surface area contributed by atoms with Gasteiger partial charge in [-0.2, -0.15) is 11.8 Å². The number of hydrogen-bond donors (Lipinski definition) is 3. The summed E-state index contributed by atoms with van der Waals surface area (Å²) >= 11 is 1.79. The van der Waals surface area contributed by atoms with Crippen molar-refractivity contribution in [3.05, 3.63) is 29.8 Å². The number of guanidine groups is 1. The third-order valence-corrected chi connectivity index (χ3v) is 5.43. The van der Waals surface area contributed by atoms with Crippen LogP contribution in [0.4, 0.5) is 0 Å². The zero-order valence-corrected chi connectivity index (χ0v) is 18.5. The smallest absolute Gasteiger partial charge is 0.238 e. The van der Waals surface area contributed by atoms with Gasteiger partial charge in [-0.05, 0) is 44.7 Å². The molecule has 0 radical (unpaired) electrons. The maximum absolute atomic E-state index is 11.2. The van der Waals surface area contributed by atoms with Crippen molar-refractivity contribution in [1.29, 1.82) is 0 Å². The molecule has 0 amide bonds. The first-order chi connectivity index (χ1) is 10.7. The number of nitrogens with one attached hydrogen (secondary N) is 2. The zero-order chi connectivity index (χ0) is 17.5. The number of thioether (sulfide) groups is 1. The van der Waals surface area contributed by atoms with Gasteiger partial charge in [-0.25, -0.2) is 18.5 Å². The summed E-state index contributed by atoms with van der Waals surface area (Å²) in [5.41, 5.74) is 0.915. The van der Waals surface area contributed by atoms with Crippen molar-refractivity contribution in [2.24, 2.45) is 10.1 Å². The van der Waals surface area contributed by atoms with Crippen LogP contribution in [0.1, 0.15) is 26.3 Å². The molecular formula is C15H27IN4O2S2. The van der Waals surface area contributed by atoms with Gasteiger partial charge in [0, 0.05) is 17.8 Å². The summed E-state index contributed by atoms with van der Waals surface area (Å²) in [5.74, 6) is 0.741. The first-order valence-electron chi connectivity index (χ1n) is 7.37. The van der Waals surface area contributed by atoms with Crippen molar-refractivity contribution in [2.45, 2.75) is 37.0 Å². The summed E-state index contributed by atoms with van der Waals surface area (Å²) in [4.78, 5) is 4.63. The van der Waals surface area contributed by atoms with Crippen LogP contribution >= 0.6 is 35.7 Å². The van der Waals surface area contributed by atoms with Crippen LogP contribution in [0.5, 0.6) is 0 Å². The molecule has 0 heterocycles. The van der Waals surface area contributed by atoms with E-state index in [2.05, 4.69) is 35.7 Å². The van der Waals surface area contributed by atoms with Gasteiger partial charge in [0.2, 0.25) is 10.0 Å². The van der Waals surface area contributed by atoms with E-state index in [0.29, 0.717) is 6.54 Å². The molecule has 0 aliphatic carbocycles. The van der Waals surface area contributed by atoms with E-state index in [-0.39, 0.29) is 33.6 Å². The molecule has 0 aliphatic rings. The highest BCUT2D eigenvalue weighted by Crippen LogP contribution is 2.19. The Hall–Kier alpha value is -0.520. The second-order valence-electron chi connectivity index (χ2n) is 5.70. The Morgan fingerprint density at radius 1 is 1.25 bits per heavy atom. The van der Waals surface area contributed by atoms with Gasteiger partial charge < -0.3 is 10.6 Å². The first kappa shape index (κ1) is 23.5. The summed E-state index contributed by atoms with van der Waals surface area (Å²) in [7, 11) is -3.65. The van der Waals surface area contributed by atoms with Crippen LogP contribution in [0.25, 0.3) is 0 Å². The maximum atomic E-state index is 11.2. The number of aliphatic imine (C=N–C) groups is 1. The Bertz CT molecular complexity index is 631. The number of nitrogens with two attached hydrogens (primary N) is 1. The predicted octanol–water partition coefficient (Wildman–Crippen LogP) is 2.15. The van der Waals surface area contributed by atoms with Gasteiger partial charge in [0.05, 0.1) is 11.4 Å². The minimum atomic E-state index is -3.65. The van der Waals surface area contributed by atoms with Gasteiger partial charge >= 0.3 is 0 Å². The maximum Gasteiger partial charge on any atom is 0.238 e. The van der Waals surface area contributed by atoms with Crippen LogP contribution in [0.15, 0.2) is 34.2 Å². The first-order valence-corrected chi connectivity index (χ1v) is 10.1. The van der Waals surface area contributed by atoms with E-state index in [1.807, 2.05) is 6.92 Å². The molecule has 1 aromatic rings. The normalized spacial score (nSPS) is 12.5. The predicted molar refractivity (Wildman–Crippen MR) is 114 cm³/mol. The third kappa shape index (κ3) is 8.54. The number of primary sulfonamides is 1. The minimum absolute atomic E-state index is 0. The van der Waals surface area contributed by atoms with E-state index in [4.69, 9.17) is 5.14 Å². The molecule has 6 nitrogen and oxygen atoms in total. The van der Waals surface area contributed by atoms with E-state index in [1.54, 1.807) is 23.9 Å². The number of rotatable bonds is 7. The Morgan fingerprint density at radius 3 is 2.29 bits per heavy atom. The zero-order valence-electron chi connectivity index (χ0n) is 14.5. The molecule has 0 atom stereocenters. The van der Waals surface area contributed by atoms with Crippen LogP contribution in [-0.2, 0) is 16.6 Å². The number of nitrogens with zero attached hydrogens (tertiary/aromatic N) is 1. The molecule has 0 fully saturated rings. The number of halogens is 1. The van der Waals surface area contributed by atoms with Crippen molar-refractivity contribution < 1.29 is 8.42 Å². The molecule has 0 saturated heterocycles. The van der Waals surface area contributed by atoms with Gasteiger partial charge in [-0.1, -0.05) is 12.1 Å². The summed E-state index contributed by atoms with van der Waals surface area (Å²) < 4.78 is 22.6. The van der Waals surface area contributed by atoms with Crippen LogP contribution in [0.2, 0.25) is 0 Å². The second kappa shape index (κ2) is 10.5. The van der Waals surface area contributed by atoms with Crippen molar-refractivity contribution in [3.63, 3.8) is 0 Å². The SMILES string of the molecule is CCNC(=NCc1ccc(S(N)(=O)=O)cc1)NCC(C)(C)SC.I. The minimum Gasteiger partial charge on any atom is -0.357 e. The average molecular weight is 486 g/mol. The molecule has 9 heteroatoms. The molecule has 0 bridgehead atoms. The van der Waals surface area contributed by atoms with Gasteiger partial charge in [-0.15, -0.1) is 24.0 Å². The Kier molecular flexibility index (Phi) is 10.2. The third-order valence-electron chi connectivity index (χ3n) is 3.25. The molecule has 138 valence electrons. The molecule has 0 saturated carbocycles. The van der Waals surface area contributed by atoms with Crippen LogP contribution < -0.4 is 15.8 Å². The van der Waals surface area contributed by atoms with E-state index < -0.39 is 10.0 Å². The van der Waals surface area contributed by atoms with Crippen LogP contribution in [0, 0.1) is 0 Å². The molecular weight excluding hydrogens is 459 g/mol. The lowest BCUT2D eigenvalue weighted by molar-refractivity contribution is 0.598. The number of hydrogen-bond acceptors (Lipinski definition) is 4. The monoisotopic (exact) mass is 486 g/mol. The van der Waals surface area contributed by atoms with Gasteiger partial charge in [0.25, 0.3) is 0 Å². The topological polar surface area (TPSA) is 96.6 Å². The van der Waals surface area contributed by atoms with E-state index in [0.717, 1.165) is 24.6 Å². The van der Waals surface area contributed by atoms with Crippen molar-refractivity contribution in [1.82, 2.24) is 10.6 Å². The highest BCUT2D eigenvalue weighted by molar-refractivity contribution is 14.0. The fraction of sp³-hybridized carbons (Fsp3) is 0.533. The van der Waals surface area contributed by atoms with Gasteiger partial charge in [0.15, 0.2) is 5.96 Å². The van der Waals surface area contributed by atoms with Crippen LogP contribution in [0.3, 0.4) is 0 Å². The quantitative estimate of drug-likeness (QED) is 0.312. The summed E-state index contributed by atoms with van der Waals surface area (Å²) in [5, 5.41) is 11.6. The van der Waals surface area contributed by atoms with Crippen molar-refractivity contribution in [3.8, 4) is 0 Å². The lowest BCUT2D eigenvalue weighted by Crippen LogP contribution is -2.43. The van der Waals surface area contributed by atoms with E-state index >= 15 is 0 Å². The molecule has 0 spiro atoms. The van der Waals surface area contributed by atoms with E-state index in [1.165, 1.54) is 12.1 Å². The van der Waals surface area contributed by atoms with Crippen molar-refractivity contribution in [2.75, 3.05) is 19.3 Å². The van der Waals surface area contributed by atoms with Gasteiger partial charge in [-0.3, -0.25) is 0 Å². The Morgan fingerprint density at radius 2 is 1.83 bits per heavy atom. The lowest BCUT2D eigenvalue weighted by atomic mass is 10.2. The highest BCUT2D eigenvalue weighted by atomic mass is 127. The largest absolute Gasteiger partial charge is 0.357 e. The Balaban J connectivity index is 0.00000529. The summed E-state index contributed by atoms with van der Waals surface area (Å²) in [6, 6.07) is 6.44. The molecule has 0 aromatic heterocycles. The molecule has 0 unspecified atom stereocenters. The standard InChI is InChI=1S/C15H26N4O2S2.HI/c1-5-17-14(19-11-15(2,3)22-4)18-10-12-6-8-13(9-7-12)23(16,20)21;/h6-9H,5,10-11H2,1-4H3,(H2,16,20,21)(H2,17,18,19);1H. The number of sulfonamides is 1. The molecule has 0 aliphatic heterocycles.